The molecule has 2 rings (SSSR count). The molecule has 0 atom stereocenters. The molecule has 0 aliphatic rings. The highest BCUT2D eigenvalue weighted by atomic mass is 32.2. The first-order valence-electron chi connectivity index (χ1n) is 9.04. The van der Waals surface area contributed by atoms with Crippen LogP contribution in [-0.2, 0) is 27.3 Å². The average Bonchev–Trinajstić information content (AvgIpc) is 2.70. The van der Waals surface area contributed by atoms with Crippen molar-refractivity contribution in [1.29, 1.82) is 0 Å². The molecule has 0 spiro atoms. The molecule has 29 heavy (non-hydrogen) atoms. The third-order valence-electron chi connectivity index (χ3n) is 4.07. The zero-order chi connectivity index (χ0) is 21.2. The summed E-state index contributed by atoms with van der Waals surface area (Å²) in [7, 11) is 0. The van der Waals surface area contributed by atoms with Crippen molar-refractivity contribution < 1.29 is 19.1 Å². The Morgan fingerprint density at radius 1 is 1.07 bits per heavy atom. The number of carbonyl (C=O) groups is 3. The third kappa shape index (κ3) is 7.53. The first-order valence-corrected chi connectivity index (χ1v) is 10.3. The second-order valence-electron chi connectivity index (χ2n) is 6.24. The van der Waals surface area contributed by atoms with Gasteiger partial charge in [-0.1, -0.05) is 42.1 Å². The van der Waals surface area contributed by atoms with Gasteiger partial charge in [0, 0.05) is 24.4 Å². The minimum Gasteiger partial charge on any atom is -0.456 e. The van der Waals surface area contributed by atoms with E-state index >= 15 is 0 Å². The highest BCUT2D eigenvalue weighted by Gasteiger charge is 2.13. The normalized spacial score (nSPS) is 10.3. The Morgan fingerprint density at radius 2 is 1.72 bits per heavy atom. The molecule has 0 saturated heterocycles. The number of urea groups is 1. The molecule has 0 unspecified atom stereocenters. The fourth-order valence-electron chi connectivity index (χ4n) is 2.59. The first-order chi connectivity index (χ1) is 13.9. The van der Waals surface area contributed by atoms with Crippen molar-refractivity contribution in [3.05, 3.63) is 52.8 Å². The van der Waals surface area contributed by atoms with Crippen LogP contribution in [0.25, 0.3) is 0 Å². The number of ether oxygens (including phenoxy) is 1. The van der Waals surface area contributed by atoms with Gasteiger partial charge in [-0.25, -0.2) is 14.8 Å². The molecule has 0 fully saturated rings. The lowest BCUT2D eigenvalue weighted by atomic mass is 10.1. The van der Waals surface area contributed by atoms with Crippen LogP contribution in [0.3, 0.4) is 0 Å². The largest absolute Gasteiger partial charge is 0.456 e. The minimum atomic E-state index is -0.691. The summed E-state index contributed by atoms with van der Waals surface area (Å²) < 4.78 is 4.94. The lowest BCUT2D eigenvalue weighted by Gasteiger charge is -2.10. The number of thioether (sulfide) groups is 1. The maximum absolute atomic E-state index is 11.9. The average molecular weight is 417 g/mol. The molecule has 0 aliphatic carbocycles. The Labute approximate surface area is 173 Å². The van der Waals surface area contributed by atoms with Gasteiger partial charge in [0.1, 0.15) is 0 Å². The van der Waals surface area contributed by atoms with E-state index in [4.69, 9.17) is 4.74 Å². The Morgan fingerprint density at radius 3 is 2.34 bits per heavy atom. The van der Waals surface area contributed by atoms with Gasteiger partial charge in [0.2, 0.25) is 0 Å². The van der Waals surface area contributed by atoms with Crippen LogP contribution >= 0.6 is 11.8 Å². The van der Waals surface area contributed by atoms with Gasteiger partial charge in [0.25, 0.3) is 5.91 Å². The number of esters is 1. The van der Waals surface area contributed by atoms with Crippen molar-refractivity contribution in [2.75, 3.05) is 12.9 Å². The van der Waals surface area contributed by atoms with Crippen molar-refractivity contribution in [2.24, 2.45) is 0 Å². The van der Waals surface area contributed by atoms with Gasteiger partial charge >= 0.3 is 12.0 Å². The fourth-order valence-corrected chi connectivity index (χ4v) is 3.05. The number of hydrogen-bond acceptors (Lipinski definition) is 7. The highest BCUT2D eigenvalue weighted by molar-refractivity contribution is 7.98. The summed E-state index contributed by atoms with van der Waals surface area (Å²) in [4.78, 5) is 44.1. The quantitative estimate of drug-likeness (QED) is 0.386. The predicted octanol–water partition coefficient (Wildman–Crippen LogP) is 2.32. The molecule has 8 nitrogen and oxygen atoms in total. The lowest BCUT2D eigenvalue weighted by Crippen LogP contribution is -2.41. The number of aryl methyl sites for hydroxylation is 2. The standard InChI is InChI=1S/C20H24N4O4S/c1-13-16(14(2)23-20(22-13)29-3)9-10-18(26)28-12-17(25)24-19(27)21-11-15-7-5-4-6-8-15/h4-8H,9-12H2,1-3H3,(H2,21,24,25,27). The maximum atomic E-state index is 11.9. The molecular formula is C20H24N4O4S. The van der Waals surface area contributed by atoms with Crippen molar-refractivity contribution in [2.45, 2.75) is 38.4 Å². The van der Waals surface area contributed by atoms with E-state index in [0.717, 1.165) is 22.5 Å². The second-order valence-corrected chi connectivity index (χ2v) is 7.01. The van der Waals surface area contributed by atoms with Gasteiger partial charge in [-0.05, 0) is 37.7 Å². The molecule has 9 heteroatoms. The number of nitrogens with one attached hydrogen (secondary N) is 2. The molecule has 154 valence electrons. The number of rotatable bonds is 8. The van der Waals surface area contributed by atoms with E-state index in [1.165, 1.54) is 11.8 Å². The van der Waals surface area contributed by atoms with Crippen LogP contribution in [0.4, 0.5) is 4.79 Å². The fraction of sp³-hybridized carbons (Fsp3) is 0.350. The van der Waals surface area contributed by atoms with E-state index in [1.54, 1.807) is 0 Å². The molecule has 0 bridgehead atoms. The van der Waals surface area contributed by atoms with Crippen molar-refractivity contribution in [3.8, 4) is 0 Å². The molecule has 0 saturated carbocycles. The number of amides is 3. The Balaban J connectivity index is 1.70. The molecule has 2 N–H and O–H groups in total. The summed E-state index contributed by atoms with van der Waals surface area (Å²) in [5.41, 5.74) is 3.44. The van der Waals surface area contributed by atoms with E-state index in [-0.39, 0.29) is 13.0 Å². The SMILES string of the molecule is CSc1nc(C)c(CCC(=O)OCC(=O)NC(=O)NCc2ccccc2)c(C)n1. The minimum absolute atomic E-state index is 0.0944. The maximum Gasteiger partial charge on any atom is 0.321 e. The number of imide groups is 1. The number of benzene rings is 1. The van der Waals surface area contributed by atoms with Crippen LogP contribution in [0.15, 0.2) is 35.5 Å². The lowest BCUT2D eigenvalue weighted by molar-refractivity contribution is -0.148. The monoisotopic (exact) mass is 416 g/mol. The summed E-state index contributed by atoms with van der Waals surface area (Å²) in [6.07, 6.45) is 2.42. The summed E-state index contributed by atoms with van der Waals surface area (Å²) in [5, 5.41) is 5.37. The van der Waals surface area contributed by atoms with E-state index in [9.17, 15) is 14.4 Å². The van der Waals surface area contributed by atoms with Crippen LogP contribution < -0.4 is 10.6 Å². The summed E-state index contributed by atoms with van der Waals surface area (Å²) >= 11 is 1.46. The third-order valence-corrected chi connectivity index (χ3v) is 4.62. The molecule has 3 amide bonds. The summed E-state index contributed by atoms with van der Waals surface area (Å²) in [5.74, 6) is -1.22. The number of aromatic nitrogens is 2. The van der Waals surface area contributed by atoms with Gasteiger partial charge in [0.05, 0.1) is 0 Å². The van der Waals surface area contributed by atoms with Crippen LogP contribution in [0, 0.1) is 13.8 Å². The molecule has 0 radical (unpaired) electrons. The van der Waals surface area contributed by atoms with Gasteiger partial charge in [-0.15, -0.1) is 0 Å². The summed E-state index contributed by atoms with van der Waals surface area (Å²) in [6.45, 7) is 3.51. The molecule has 1 aromatic heterocycles. The van der Waals surface area contributed by atoms with Crippen LogP contribution in [-0.4, -0.2) is 40.7 Å². The van der Waals surface area contributed by atoms with Gasteiger partial charge in [-0.2, -0.15) is 0 Å². The van der Waals surface area contributed by atoms with Crippen molar-refractivity contribution in [3.63, 3.8) is 0 Å². The smallest absolute Gasteiger partial charge is 0.321 e. The van der Waals surface area contributed by atoms with Gasteiger partial charge < -0.3 is 10.1 Å². The molecule has 0 aliphatic heterocycles. The summed E-state index contributed by atoms with van der Waals surface area (Å²) in [6, 6.07) is 8.64. The van der Waals surface area contributed by atoms with E-state index in [1.807, 2.05) is 50.4 Å². The van der Waals surface area contributed by atoms with Crippen LogP contribution in [0.1, 0.15) is 28.9 Å². The zero-order valence-electron chi connectivity index (χ0n) is 16.7. The highest BCUT2D eigenvalue weighted by Crippen LogP contribution is 2.17. The van der Waals surface area contributed by atoms with Gasteiger partial charge in [-0.3, -0.25) is 14.9 Å². The molecule has 1 aromatic carbocycles. The van der Waals surface area contributed by atoms with Crippen molar-refractivity contribution in [1.82, 2.24) is 20.6 Å². The van der Waals surface area contributed by atoms with Crippen LogP contribution in [0.2, 0.25) is 0 Å². The first kappa shape index (κ1) is 22.4. The number of hydrogen-bond donors (Lipinski definition) is 2. The second kappa shape index (κ2) is 11.2. The Kier molecular flexibility index (Phi) is 8.60. The molecule has 1 heterocycles. The van der Waals surface area contributed by atoms with Crippen molar-refractivity contribution >= 4 is 29.7 Å². The number of nitrogens with zero attached hydrogens (tertiary/aromatic N) is 2. The molecule has 2 aromatic rings. The number of carbonyl (C=O) groups excluding carboxylic acids is 3. The predicted molar refractivity (Wildman–Crippen MR) is 109 cm³/mol. The Bertz CT molecular complexity index is 851. The topological polar surface area (TPSA) is 110 Å². The van der Waals surface area contributed by atoms with E-state index in [2.05, 4.69) is 20.6 Å². The molecular weight excluding hydrogens is 392 g/mol. The van der Waals surface area contributed by atoms with E-state index < -0.39 is 24.5 Å². The van der Waals surface area contributed by atoms with Crippen LogP contribution in [0.5, 0.6) is 0 Å². The van der Waals surface area contributed by atoms with Gasteiger partial charge in [0.15, 0.2) is 11.8 Å². The zero-order valence-corrected chi connectivity index (χ0v) is 17.5. The Hall–Kier alpha value is -2.94. The van der Waals surface area contributed by atoms with E-state index in [0.29, 0.717) is 11.6 Å².